The summed E-state index contributed by atoms with van der Waals surface area (Å²) in [7, 11) is 1.31. The summed E-state index contributed by atoms with van der Waals surface area (Å²) in [5, 5.41) is 5.54. The number of esters is 1. The standard InChI is InChI=1S/C22H22FN3O3/c1-29-21(27)19-17(13-26-12-4-6-14-5-2-3-7-18(14)26)24-22(28)25-20(19)15-8-10-16(23)11-9-15/h2-3,5,7-11,20H,4,6,12-13H2,1H3,(H2,24,25,28)/t20-/m1/s1. The zero-order valence-corrected chi connectivity index (χ0v) is 16.1. The Labute approximate surface area is 168 Å². The van der Waals surface area contributed by atoms with Crippen LogP contribution in [0.5, 0.6) is 0 Å². The average Bonchev–Trinajstić information content (AvgIpc) is 2.74. The topological polar surface area (TPSA) is 70.7 Å². The first-order chi connectivity index (χ1) is 14.1. The smallest absolute Gasteiger partial charge is 0.338 e. The van der Waals surface area contributed by atoms with E-state index in [4.69, 9.17) is 4.74 Å². The van der Waals surface area contributed by atoms with Gasteiger partial charge in [0, 0.05) is 12.2 Å². The van der Waals surface area contributed by atoms with Crippen molar-refractivity contribution in [3.05, 3.63) is 76.7 Å². The van der Waals surface area contributed by atoms with Crippen LogP contribution < -0.4 is 15.5 Å². The Morgan fingerprint density at radius 2 is 1.97 bits per heavy atom. The van der Waals surface area contributed by atoms with Crippen molar-refractivity contribution in [2.24, 2.45) is 0 Å². The number of carbonyl (C=O) groups excluding carboxylic acids is 2. The molecule has 2 aromatic carbocycles. The number of anilines is 1. The molecule has 0 saturated heterocycles. The lowest BCUT2D eigenvalue weighted by Crippen LogP contribution is -2.49. The Morgan fingerprint density at radius 3 is 2.72 bits per heavy atom. The SMILES string of the molecule is COC(=O)C1=C(CN2CCCc3ccccc32)NC(=O)N[C@@H]1c1ccc(F)cc1. The molecule has 7 heteroatoms. The van der Waals surface area contributed by atoms with E-state index in [-0.39, 0.29) is 5.82 Å². The molecule has 0 unspecified atom stereocenters. The quantitative estimate of drug-likeness (QED) is 0.781. The zero-order chi connectivity index (χ0) is 20.4. The molecule has 0 aliphatic carbocycles. The summed E-state index contributed by atoms with van der Waals surface area (Å²) < 4.78 is 18.4. The lowest BCUT2D eigenvalue weighted by Gasteiger charge is -2.35. The van der Waals surface area contributed by atoms with Crippen LogP contribution in [0.3, 0.4) is 0 Å². The minimum atomic E-state index is -0.716. The van der Waals surface area contributed by atoms with E-state index in [9.17, 15) is 14.0 Å². The number of nitrogens with one attached hydrogen (secondary N) is 2. The highest BCUT2D eigenvalue weighted by Crippen LogP contribution is 2.31. The molecule has 2 aromatic rings. The van der Waals surface area contributed by atoms with Crippen LogP contribution in [-0.4, -0.2) is 32.2 Å². The van der Waals surface area contributed by atoms with E-state index in [1.807, 2.05) is 18.2 Å². The van der Waals surface area contributed by atoms with Crippen molar-refractivity contribution in [2.45, 2.75) is 18.9 Å². The van der Waals surface area contributed by atoms with E-state index in [1.165, 1.54) is 24.8 Å². The molecule has 2 aliphatic heterocycles. The summed E-state index contributed by atoms with van der Waals surface area (Å²) >= 11 is 0. The number of nitrogens with zero attached hydrogens (tertiary/aromatic N) is 1. The number of hydrogen-bond acceptors (Lipinski definition) is 4. The van der Waals surface area contributed by atoms with Gasteiger partial charge in [-0.1, -0.05) is 30.3 Å². The van der Waals surface area contributed by atoms with Gasteiger partial charge in [0.25, 0.3) is 0 Å². The van der Waals surface area contributed by atoms with E-state index in [0.29, 0.717) is 23.4 Å². The zero-order valence-electron chi connectivity index (χ0n) is 16.1. The van der Waals surface area contributed by atoms with Gasteiger partial charge in [0.15, 0.2) is 0 Å². The van der Waals surface area contributed by atoms with E-state index >= 15 is 0 Å². The number of halogens is 1. The molecule has 0 spiro atoms. The number of fused-ring (bicyclic) bond motifs is 1. The van der Waals surface area contributed by atoms with E-state index in [0.717, 1.165) is 25.1 Å². The number of amides is 2. The van der Waals surface area contributed by atoms with Gasteiger partial charge in [0.05, 0.1) is 31.0 Å². The van der Waals surface area contributed by atoms with Crippen molar-refractivity contribution in [3.8, 4) is 0 Å². The van der Waals surface area contributed by atoms with Crippen LogP contribution in [0.15, 0.2) is 59.8 Å². The van der Waals surface area contributed by atoms with Gasteiger partial charge in [-0.25, -0.2) is 14.0 Å². The molecule has 4 rings (SSSR count). The number of hydrogen-bond donors (Lipinski definition) is 2. The van der Waals surface area contributed by atoms with Crippen LogP contribution in [0, 0.1) is 5.82 Å². The lowest BCUT2D eigenvalue weighted by molar-refractivity contribution is -0.136. The molecule has 2 heterocycles. The van der Waals surface area contributed by atoms with Gasteiger partial charge < -0.3 is 20.3 Å². The first-order valence-electron chi connectivity index (χ1n) is 9.54. The maximum Gasteiger partial charge on any atom is 0.338 e. The van der Waals surface area contributed by atoms with Crippen LogP contribution in [0.1, 0.15) is 23.6 Å². The molecular weight excluding hydrogens is 373 g/mol. The molecule has 0 radical (unpaired) electrons. The highest BCUT2D eigenvalue weighted by atomic mass is 19.1. The lowest BCUT2D eigenvalue weighted by atomic mass is 9.94. The normalized spacial score (nSPS) is 18.6. The molecule has 0 aromatic heterocycles. The van der Waals surface area contributed by atoms with E-state index in [1.54, 1.807) is 12.1 Å². The first kappa shape index (κ1) is 19.0. The minimum Gasteiger partial charge on any atom is -0.466 e. The van der Waals surface area contributed by atoms with Gasteiger partial charge in [-0.2, -0.15) is 0 Å². The van der Waals surface area contributed by atoms with Crippen LogP contribution in [0.2, 0.25) is 0 Å². The van der Waals surface area contributed by atoms with Crippen molar-refractivity contribution in [1.82, 2.24) is 10.6 Å². The number of benzene rings is 2. The summed E-state index contributed by atoms with van der Waals surface area (Å²) in [6.45, 7) is 1.19. The van der Waals surface area contributed by atoms with Gasteiger partial charge in [0.2, 0.25) is 0 Å². The highest BCUT2D eigenvalue weighted by Gasteiger charge is 2.34. The summed E-state index contributed by atoms with van der Waals surface area (Å²) in [4.78, 5) is 27.2. The highest BCUT2D eigenvalue weighted by molar-refractivity contribution is 5.95. The Kier molecular flexibility index (Phi) is 5.20. The Bertz CT molecular complexity index is 972. The molecule has 1 atom stereocenters. The minimum absolute atomic E-state index is 0.321. The van der Waals surface area contributed by atoms with E-state index < -0.39 is 18.0 Å². The number of aryl methyl sites for hydroxylation is 1. The molecule has 2 N–H and O–H groups in total. The average molecular weight is 395 g/mol. The number of ether oxygens (including phenoxy) is 1. The van der Waals surface area contributed by atoms with Crippen LogP contribution in [-0.2, 0) is 16.0 Å². The molecular formula is C22H22FN3O3. The largest absolute Gasteiger partial charge is 0.466 e. The molecule has 2 aliphatic rings. The molecule has 2 amide bonds. The second-order valence-electron chi connectivity index (χ2n) is 7.12. The number of rotatable bonds is 4. The van der Waals surface area contributed by atoms with Gasteiger partial charge in [0.1, 0.15) is 5.82 Å². The van der Waals surface area contributed by atoms with Crippen LogP contribution >= 0.6 is 0 Å². The Balaban J connectivity index is 1.74. The van der Waals surface area contributed by atoms with Gasteiger partial charge in [-0.05, 0) is 42.2 Å². The van der Waals surface area contributed by atoms with E-state index in [2.05, 4.69) is 21.6 Å². The molecule has 0 fully saturated rings. The third-order valence-electron chi connectivity index (χ3n) is 5.32. The summed E-state index contributed by atoms with van der Waals surface area (Å²) in [5.74, 6) is -0.921. The third kappa shape index (κ3) is 3.81. The monoisotopic (exact) mass is 395 g/mol. The van der Waals surface area contributed by atoms with Crippen molar-refractivity contribution in [2.75, 3.05) is 25.1 Å². The van der Waals surface area contributed by atoms with Crippen molar-refractivity contribution >= 4 is 17.7 Å². The fourth-order valence-corrected chi connectivity index (χ4v) is 3.97. The summed E-state index contributed by atoms with van der Waals surface area (Å²) in [6.07, 6.45) is 1.99. The first-order valence-corrected chi connectivity index (χ1v) is 9.54. The fraction of sp³-hybridized carbons (Fsp3) is 0.273. The number of carbonyl (C=O) groups is 2. The van der Waals surface area contributed by atoms with Crippen molar-refractivity contribution in [1.29, 1.82) is 0 Å². The molecule has 29 heavy (non-hydrogen) atoms. The predicted molar refractivity (Wildman–Crippen MR) is 107 cm³/mol. The number of para-hydroxylation sites is 1. The molecule has 0 saturated carbocycles. The van der Waals surface area contributed by atoms with Gasteiger partial charge in [-0.3, -0.25) is 0 Å². The molecule has 6 nitrogen and oxygen atoms in total. The van der Waals surface area contributed by atoms with Gasteiger partial charge >= 0.3 is 12.0 Å². The summed E-state index contributed by atoms with van der Waals surface area (Å²) in [6, 6.07) is 12.7. The third-order valence-corrected chi connectivity index (χ3v) is 5.32. The Hall–Kier alpha value is -3.35. The Morgan fingerprint density at radius 1 is 1.21 bits per heavy atom. The van der Waals surface area contributed by atoms with Crippen molar-refractivity contribution in [3.63, 3.8) is 0 Å². The van der Waals surface area contributed by atoms with Crippen LogP contribution in [0.25, 0.3) is 0 Å². The number of urea groups is 1. The molecule has 0 bridgehead atoms. The molecule has 150 valence electrons. The maximum atomic E-state index is 13.4. The second kappa shape index (κ2) is 7.95. The van der Waals surface area contributed by atoms with Crippen molar-refractivity contribution < 1.29 is 18.7 Å². The van der Waals surface area contributed by atoms with Crippen LogP contribution in [0.4, 0.5) is 14.9 Å². The fourth-order valence-electron chi connectivity index (χ4n) is 3.97. The second-order valence-corrected chi connectivity index (χ2v) is 7.12. The maximum absolute atomic E-state index is 13.4. The summed E-state index contributed by atoms with van der Waals surface area (Å²) in [5.41, 5.74) is 3.77. The van der Waals surface area contributed by atoms with Gasteiger partial charge in [-0.15, -0.1) is 0 Å². The predicted octanol–water partition coefficient (Wildman–Crippen LogP) is 3.06. The number of methoxy groups -OCH3 is 1.